The summed E-state index contributed by atoms with van der Waals surface area (Å²) in [6.45, 7) is 7.26. The molecule has 8 heteroatoms. The number of anilines is 3. The van der Waals surface area contributed by atoms with Crippen molar-refractivity contribution in [3.8, 4) is 11.8 Å². The van der Waals surface area contributed by atoms with E-state index in [2.05, 4.69) is 32.4 Å². The molecule has 2 N–H and O–H groups in total. The fraction of sp³-hybridized carbons (Fsp3) is 0.250. The van der Waals surface area contributed by atoms with Crippen molar-refractivity contribution >= 4 is 28.4 Å². The van der Waals surface area contributed by atoms with Crippen molar-refractivity contribution < 1.29 is 4.39 Å². The molecule has 0 bridgehead atoms. The maximum atomic E-state index is 14.9. The van der Waals surface area contributed by atoms with Gasteiger partial charge in [-0.2, -0.15) is 4.98 Å². The molecule has 0 atom stereocenters. The summed E-state index contributed by atoms with van der Waals surface area (Å²) in [6.07, 6.45) is 1.66. The summed E-state index contributed by atoms with van der Waals surface area (Å²) in [5.41, 5.74) is 3.88. The van der Waals surface area contributed by atoms with Crippen molar-refractivity contribution in [2.75, 3.05) is 36.4 Å². The fourth-order valence-electron chi connectivity index (χ4n) is 4.42. The molecule has 2 aromatic heterocycles. The number of fused-ring (bicyclic) bond motifs is 1. The Hall–Kier alpha value is -4.22. The van der Waals surface area contributed by atoms with Gasteiger partial charge in [-0.05, 0) is 49.2 Å². The van der Waals surface area contributed by atoms with Gasteiger partial charge < -0.3 is 15.5 Å². The van der Waals surface area contributed by atoms with Crippen LogP contribution in [0.4, 0.5) is 21.7 Å². The molecule has 3 heterocycles. The Balaban J connectivity index is 1.51. The van der Waals surface area contributed by atoms with Gasteiger partial charge in [-0.3, -0.25) is 9.36 Å². The van der Waals surface area contributed by atoms with E-state index in [-0.39, 0.29) is 17.3 Å². The van der Waals surface area contributed by atoms with Gasteiger partial charge in [-0.15, -0.1) is 5.92 Å². The molecule has 0 unspecified atom stereocenters. The Labute approximate surface area is 209 Å². The van der Waals surface area contributed by atoms with Gasteiger partial charge >= 0.3 is 0 Å². The zero-order chi connectivity index (χ0) is 25.1. The smallest absolute Gasteiger partial charge is 0.268 e. The highest BCUT2D eigenvalue weighted by atomic mass is 19.1. The van der Waals surface area contributed by atoms with Crippen molar-refractivity contribution in [2.24, 2.45) is 0 Å². The molecule has 1 aliphatic rings. The van der Waals surface area contributed by atoms with Gasteiger partial charge in [0, 0.05) is 43.4 Å². The van der Waals surface area contributed by atoms with Crippen LogP contribution >= 0.6 is 0 Å². The SMILES string of the molecule is CC#Cc1cc2cnc(Nc3ccc(N4CCNCC4)c(F)c3)nc2n(Cc2ccccc2C)c1=O. The first-order valence-corrected chi connectivity index (χ1v) is 11.9. The van der Waals surface area contributed by atoms with Crippen LogP contribution in [0.5, 0.6) is 0 Å². The minimum Gasteiger partial charge on any atom is -0.367 e. The van der Waals surface area contributed by atoms with E-state index < -0.39 is 0 Å². The molecule has 1 aliphatic heterocycles. The first-order chi connectivity index (χ1) is 17.5. The summed E-state index contributed by atoms with van der Waals surface area (Å²) in [4.78, 5) is 24.4. The minimum absolute atomic E-state index is 0.212. The van der Waals surface area contributed by atoms with E-state index in [0.717, 1.165) is 37.3 Å². The van der Waals surface area contributed by atoms with Gasteiger partial charge in [-0.25, -0.2) is 9.37 Å². The van der Waals surface area contributed by atoms with Crippen molar-refractivity contribution in [3.63, 3.8) is 0 Å². The lowest BCUT2D eigenvalue weighted by Crippen LogP contribution is -2.43. The van der Waals surface area contributed by atoms with Crippen molar-refractivity contribution in [1.29, 1.82) is 0 Å². The van der Waals surface area contributed by atoms with Crippen molar-refractivity contribution in [1.82, 2.24) is 19.9 Å². The summed E-state index contributed by atoms with van der Waals surface area (Å²) < 4.78 is 16.5. The molecule has 5 rings (SSSR count). The first-order valence-electron chi connectivity index (χ1n) is 11.9. The average molecular weight is 483 g/mol. The molecule has 182 valence electrons. The Morgan fingerprint density at radius 1 is 1.14 bits per heavy atom. The maximum Gasteiger partial charge on any atom is 0.268 e. The van der Waals surface area contributed by atoms with E-state index in [1.807, 2.05) is 42.2 Å². The summed E-state index contributed by atoms with van der Waals surface area (Å²) >= 11 is 0. The third-order valence-electron chi connectivity index (χ3n) is 6.34. The standard InChI is InChI=1S/C28H27FN6O/c1-3-6-20-15-22-17-31-28(32-23-9-10-25(24(29)16-23)34-13-11-30-12-14-34)33-26(22)35(27(20)36)18-21-8-5-4-7-19(21)2/h4-5,7-10,15-17,30H,11-14,18H2,1-2H3,(H,31,32,33). The van der Waals surface area contributed by atoms with Crippen molar-refractivity contribution in [3.05, 3.63) is 87.6 Å². The van der Waals surface area contributed by atoms with E-state index in [0.29, 0.717) is 34.5 Å². The van der Waals surface area contributed by atoms with Crippen LogP contribution in [0.15, 0.2) is 59.5 Å². The highest BCUT2D eigenvalue weighted by Crippen LogP contribution is 2.25. The highest BCUT2D eigenvalue weighted by molar-refractivity contribution is 5.77. The van der Waals surface area contributed by atoms with Crippen LogP contribution in [0.1, 0.15) is 23.6 Å². The molecule has 0 amide bonds. The molecule has 0 radical (unpaired) electrons. The number of halogens is 1. The molecular formula is C28H27FN6O. The fourth-order valence-corrected chi connectivity index (χ4v) is 4.42. The molecule has 2 aromatic carbocycles. The number of benzene rings is 2. The summed E-state index contributed by atoms with van der Waals surface area (Å²) in [5, 5.41) is 7.07. The van der Waals surface area contributed by atoms with Gasteiger partial charge in [0.25, 0.3) is 5.56 Å². The lowest BCUT2D eigenvalue weighted by molar-refractivity contribution is 0.566. The second-order valence-corrected chi connectivity index (χ2v) is 8.75. The second-order valence-electron chi connectivity index (χ2n) is 8.75. The zero-order valence-corrected chi connectivity index (χ0v) is 20.3. The van der Waals surface area contributed by atoms with Gasteiger partial charge in [0.2, 0.25) is 5.95 Å². The number of hydrogen-bond donors (Lipinski definition) is 2. The lowest BCUT2D eigenvalue weighted by atomic mass is 10.1. The van der Waals surface area contributed by atoms with E-state index in [1.165, 1.54) is 6.07 Å². The predicted octanol–water partition coefficient (Wildman–Crippen LogP) is 3.81. The quantitative estimate of drug-likeness (QED) is 0.422. The summed E-state index contributed by atoms with van der Waals surface area (Å²) in [5.74, 6) is 5.69. The predicted molar refractivity (Wildman–Crippen MR) is 141 cm³/mol. The topological polar surface area (TPSA) is 75.1 Å². The zero-order valence-electron chi connectivity index (χ0n) is 20.3. The molecule has 1 saturated heterocycles. The minimum atomic E-state index is -0.304. The van der Waals surface area contributed by atoms with E-state index >= 15 is 0 Å². The number of hydrogen-bond acceptors (Lipinski definition) is 6. The Morgan fingerprint density at radius 2 is 1.94 bits per heavy atom. The third-order valence-corrected chi connectivity index (χ3v) is 6.34. The number of piperazine rings is 1. The maximum absolute atomic E-state index is 14.9. The highest BCUT2D eigenvalue weighted by Gasteiger charge is 2.16. The number of nitrogens with zero attached hydrogens (tertiary/aromatic N) is 4. The molecule has 0 spiro atoms. The van der Waals surface area contributed by atoms with Crippen LogP contribution in [0.3, 0.4) is 0 Å². The van der Waals surface area contributed by atoms with Gasteiger partial charge in [0.15, 0.2) is 0 Å². The van der Waals surface area contributed by atoms with E-state index in [1.54, 1.807) is 29.8 Å². The average Bonchev–Trinajstić information content (AvgIpc) is 2.88. The number of aryl methyl sites for hydroxylation is 1. The Morgan fingerprint density at radius 3 is 2.69 bits per heavy atom. The van der Waals surface area contributed by atoms with Crippen LogP contribution in [-0.4, -0.2) is 40.7 Å². The van der Waals surface area contributed by atoms with Gasteiger partial charge in [0.1, 0.15) is 11.5 Å². The van der Waals surface area contributed by atoms with Crippen LogP contribution in [0.25, 0.3) is 11.0 Å². The van der Waals surface area contributed by atoms with Gasteiger partial charge in [-0.1, -0.05) is 30.2 Å². The molecule has 1 fully saturated rings. The van der Waals surface area contributed by atoms with E-state index in [9.17, 15) is 9.18 Å². The van der Waals surface area contributed by atoms with Crippen LogP contribution < -0.4 is 21.1 Å². The van der Waals surface area contributed by atoms with Crippen LogP contribution in [-0.2, 0) is 6.54 Å². The Kier molecular flexibility index (Phi) is 6.65. The largest absolute Gasteiger partial charge is 0.367 e. The Bertz CT molecular complexity index is 1550. The lowest BCUT2D eigenvalue weighted by Gasteiger charge is -2.29. The number of aromatic nitrogens is 3. The summed E-state index contributed by atoms with van der Waals surface area (Å²) in [7, 11) is 0. The van der Waals surface area contributed by atoms with Crippen LogP contribution in [0, 0.1) is 24.6 Å². The van der Waals surface area contributed by atoms with E-state index in [4.69, 9.17) is 0 Å². The molecule has 36 heavy (non-hydrogen) atoms. The van der Waals surface area contributed by atoms with Gasteiger partial charge in [0.05, 0.1) is 17.8 Å². The normalized spacial score (nSPS) is 13.4. The number of rotatable bonds is 5. The second kappa shape index (κ2) is 10.2. The monoisotopic (exact) mass is 482 g/mol. The third kappa shape index (κ3) is 4.79. The molecular weight excluding hydrogens is 455 g/mol. The molecule has 4 aromatic rings. The number of pyridine rings is 1. The summed E-state index contributed by atoms with van der Waals surface area (Å²) in [6, 6.07) is 14.7. The molecule has 0 saturated carbocycles. The number of nitrogens with one attached hydrogen (secondary N) is 2. The molecule has 0 aliphatic carbocycles. The van der Waals surface area contributed by atoms with Crippen LogP contribution in [0.2, 0.25) is 0 Å². The molecule has 7 nitrogen and oxygen atoms in total. The first kappa shape index (κ1) is 23.5. The van der Waals surface area contributed by atoms with Crippen molar-refractivity contribution in [2.45, 2.75) is 20.4 Å².